The van der Waals surface area contributed by atoms with Crippen LogP contribution in [0.5, 0.6) is 11.5 Å². The fourth-order valence-electron chi connectivity index (χ4n) is 4.97. The molecule has 220 valence electrons. The van der Waals surface area contributed by atoms with Crippen molar-refractivity contribution in [2.45, 2.75) is 51.3 Å². The first-order valence-corrected chi connectivity index (χ1v) is 15.8. The maximum absolute atomic E-state index is 13.0. The van der Waals surface area contributed by atoms with Crippen LogP contribution in [0.1, 0.15) is 33.4 Å². The van der Waals surface area contributed by atoms with Crippen molar-refractivity contribution in [2.24, 2.45) is 0 Å². The van der Waals surface area contributed by atoms with Crippen molar-refractivity contribution in [2.75, 3.05) is 10.6 Å². The van der Waals surface area contributed by atoms with Crippen molar-refractivity contribution in [1.29, 1.82) is 0 Å². The first kappa shape index (κ1) is 30.6. The minimum atomic E-state index is -4.11. The Morgan fingerprint density at radius 2 is 0.976 bits per heavy atom. The van der Waals surface area contributed by atoms with Gasteiger partial charge in [0.2, 0.25) is 0 Å². The fourth-order valence-corrected chi connectivity index (χ4v) is 7.67. The first-order chi connectivity index (χ1) is 19.6. The Hall–Kier alpha value is -4.35. The number of hydrogen-bond acceptors (Lipinski definition) is 7. The van der Waals surface area contributed by atoms with Crippen LogP contribution in [0.4, 0.5) is 16.2 Å². The van der Waals surface area contributed by atoms with Crippen LogP contribution in [0.25, 0.3) is 0 Å². The van der Waals surface area contributed by atoms with Crippen LogP contribution in [-0.2, 0) is 20.2 Å². The number of rotatable bonds is 8. The molecular weight excluding hydrogens is 576 g/mol. The molecule has 0 radical (unpaired) electrons. The minimum Gasteiger partial charge on any atom is -0.379 e. The molecule has 4 rings (SSSR count). The van der Waals surface area contributed by atoms with E-state index in [4.69, 9.17) is 8.37 Å². The van der Waals surface area contributed by atoms with Crippen molar-refractivity contribution in [3.05, 3.63) is 106 Å². The number of aryl methyl sites for hydroxylation is 6. The Labute approximate surface area is 246 Å². The van der Waals surface area contributed by atoms with E-state index in [-0.39, 0.29) is 21.3 Å². The largest absolute Gasteiger partial charge is 0.379 e. The molecule has 4 aromatic carbocycles. The molecule has 2 amide bonds. The smallest absolute Gasteiger partial charge is 0.339 e. The highest BCUT2D eigenvalue weighted by atomic mass is 32.2. The number of urea groups is 1. The third-order valence-electron chi connectivity index (χ3n) is 6.33. The van der Waals surface area contributed by atoms with Crippen LogP contribution in [0.2, 0.25) is 0 Å². The molecule has 0 aliphatic heterocycles. The van der Waals surface area contributed by atoms with E-state index in [0.717, 1.165) is 11.1 Å². The molecule has 0 fully saturated rings. The van der Waals surface area contributed by atoms with Crippen molar-refractivity contribution in [3.63, 3.8) is 0 Å². The highest BCUT2D eigenvalue weighted by molar-refractivity contribution is 7.87. The van der Waals surface area contributed by atoms with Gasteiger partial charge in [-0.3, -0.25) is 0 Å². The molecule has 0 heterocycles. The Balaban J connectivity index is 1.41. The Bertz CT molecular complexity index is 1840. The number of amides is 2. The van der Waals surface area contributed by atoms with Crippen LogP contribution in [0.15, 0.2) is 82.6 Å². The average Bonchev–Trinajstić information content (AvgIpc) is 2.83. The standard InChI is InChI=1S/C31H32N2O7S2/c1-19-14-21(3)29(22(4)15-19)41(35,36)39-27-12-10-25(11-13-27)32-31(34)33-26-8-7-9-28(18-26)40-42(37,38)30-23(5)16-20(2)17-24(30)6/h7-18H,1-6H3,(H2,32,33,34). The van der Waals surface area contributed by atoms with Gasteiger partial charge < -0.3 is 19.0 Å². The molecule has 9 nitrogen and oxygen atoms in total. The van der Waals surface area contributed by atoms with E-state index in [1.54, 1.807) is 64.1 Å². The lowest BCUT2D eigenvalue weighted by molar-refractivity contribution is 0.262. The number of anilines is 2. The van der Waals surface area contributed by atoms with Crippen LogP contribution in [0, 0.1) is 41.5 Å². The average molecular weight is 609 g/mol. The number of nitrogens with one attached hydrogen (secondary N) is 2. The lowest BCUT2D eigenvalue weighted by atomic mass is 10.1. The molecule has 0 spiro atoms. The van der Waals surface area contributed by atoms with Crippen LogP contribution >= 0.6 is 0 Å². The van der Waals surface area contributed by atoms with Crippen molar-refractivity contribution < 1.29 is 30.0 Å². The second-order valence-corrected chi connectivity index (χ2v) is 13.1. The molecular formula is C31H32N2O7S2. The Morgan fingerprint density at radius 3 is 1.45 bits per heavy atom. The Kier molecular flexibility index (Phi) is 8.65. The fraction of sp³-hybridized carbons (Fsp3) is 0.194. The van der Waals surface area contributed by atoms with Gasteiger partial charge in [-0.1, -0.05) is 41.5 Å². The quantitative estimate of drug-likeness (QED) is 0.213. The molecule has 4 aromatic rings. The van der Waals surface area contributed by atoms with E-state index < -0.39 is 26.3 Å². The van der Waals surface area contributed by atoms with E-state index >= 15 is 0 Å². The second-order valence-electron chi connectivity index (χ2n) is 10.2. The van der Waals surface area contributed by atoms with Crippen molar-refractivity contribution in [3.8, 4) is 11.5 Å². The molecule has 0 atom stereocenters. The van der Waals surface area contributed by atoms with E-state index in [9.17, 15) is 21.6 Å². The summed E-state index contributed by atoms with van der Waals surface area (Å²) in [5, 5.41) is 5.26. The summed E-state index contributed by atoms with van der Waals surface area (Å²) in [6.07, 6.45) is 0. The van der Waals surface area contributed by atoms with Gasteiger partial charge >= 0.3 is 26.3 Å². The summed E-state index contributed by atoms with van der Waals surface area (Å²) in [4.78, 5) is 12.8. The lowest BCUT2D eigenvalue weighted by Gasteiger charge is -2.14. The minimum absolute atomic E-state index is 0.0361. The monoisotopic (exact) mass is 608 g/mol. The summed E-state index contributed by atoms with van der Waals surface area (Å²) in [6, 6.07) is 18.4. The van der Waals surface area contributed by atoms with Crippen LogP contribution < -0.4 is 19.0 Å². The molecule has 0 saturated heterocycles. The highest BCUT2D eigenvalue weighted by Gasteiger charge is 2.23. The topological polar surface area (TPSA) is 128 Å². The summed E-state index contributed by atoms with van der Waals surface area (Å²) in [7, 11) is -8.17. The van der Waals surface area contributed by atoms with Crippen LogP contribution in [-0.4, -0.2) is 22.9 Å². The number of hydrogen-bond donors (Lipinski definition) is 2. The van der Waals surface area contributed by atoms with Crippen molar-refractivity contribution >= 4 is 37.6 Å². The summed E-state index contributed by atoms with van der Waals surface area (Å²) in [5.41, 5.74) is 4.92. The van der Waals surface area contributed by atoms with Gasteiger partial charge in [0.15, 0.2) is 0 Å². The van der Waals surface area contributed by atoms with Gasteiger partial charge in [0.05, 0.1) is 0 Å². The van der Waals surface area contributed by atoms with Gasteiger partial charge in [0.25, 0.3) is 0 Å². The predicted octanol–water partition coefficient (Wildman–Crippen LogP) is 6.72. The van der Waals surface area contributed by atoms with Crippen molar-refractivity contribution in [1.82, 2.24) is 0 Å². The SMILES string of the molecule is Cc1cc(C)c(S(=O)(=O)Oc2ccc(NC(=O)Nc3cccc(OS(=O)(=O)c4c(C)cc(C)cc4C)c3)cc2)c(C)c1. The van der Waals surface area contributed by atoms with E-state index in [1.165, 1.54) is 36.4 Å². The van der Waals surface area contributed by atoms with Crippen LogP contribution in [0.3, 0.4) is 0 Å². The van der Waals surface area contributed by atoms with Gasteiger partial charge in [0, 0.05) is 17.4 Å². The van der Waals surface area contributed by atoms with Gasteiger partial charge in [-0.15, -0.1) is 0 Å². The van der Waals surface area contributed by atoms with E-state index in [2.05, 4.69) is 10.6 Å². The zero-order valence-corrected chi connectivity index (χ0v) is 25.7. The van der Waals surface area contributed by atoms with Gasteiger partial charge in [-0.05, 0) is 100 Å². The normalized spacial score (nSPS) is 11.6. The maximum Gasteiger partial charge on any atom is 0.339 e. The molecule has 2 N–H and O–H groups in total. The third-order valence-corrected chi connectivity index (χ3v) is 9.44. The molecule has 0 aliphatic carbocycles. The molecule has 11 heteroatoms. The van der Waals surface area contributed by atoms with Gasteiger partial charge in [-0.25, -0.2) is 4.79 Å². The second kappa shape index (κ2) is 11.9. The molecule has 0 aliphatic rings. The highest BCUT2D eigenvalue weighted by Crippen LogP contribution is 2.28. The number of carbonyl (C=O) groups is 1. The number of carbonyl (C=O) groups excluding carboxylic acids is 1. The molecule has 0 bridgehead atoms. The van der Waals surface area contributed by atoms with Gasteiger partial charge in [0.1, 0.15) is 21.3 Å². The molecule has 0 unspecified atom stereocenters. The van der Waals surface area contributed by atoms with E-state index in [1.807, 2.05) is 13.8 Å². The summed E-state index contributed by atoms with van der Waals surface area (Å²) >= 11 is 0. The summed E-state index contributed by atoms with van der Waals surface area (Å²) < 4.78 is 62.5. The van der Waals surface area contributed by atoms with E-state index in [0.29, 0.717) is 33.6 Å². The molecule has 42 heavy (non-hydrogen) atoms. The van der Waals surface area contributed by atoms with Gasteiger partial charge in [-0.2, -0.15) is 16.8 Å². The third kappa shape index (κ3) is 7.10. The zero-order chi connectivity index (χ0) is 30.8. The summed E-state index contributed by atoms with van der Waals surface area (Å²) in [5.74, 6) is 0.124. The molecule has 0 saturated carbocycles. The first-order valence-electron chi connectivity index (χ1n) is 13.0. The predicted molar refractivity (Wildman–Crippen MR) is 162 cm³/mol. The maximum atomic E-state index is 13.0. The zero-order valence-electron chi connectivity index (χ0n) is 24.1. The molecule has 0 aromatic heterocycles. The lowest BCUT2D eigenvalue weighted by Crippen LogP contribution is -2.19. The Morgan fingerprint density at radius 1 is 0.548 bits per heavy atom. The number of benzene rings is 4. The summed E-state index contributed by atoms with van der Waals surface area (Å²) in [6.45, 7) is 10.6.